The normalized spacial score (nSPS) is 22.0. The molecule has 1 saturated heterocycles. The molecule has 3 atom stereocenters. The average molecular weight is 698 g/mol. The molecule has 0 radical (unpaired) electrons. The van der Waals surface area contributed by atoms with Crippen LogP contribution < -0.4 is 20.5 Å². The Balaban J connectivity index is 1.12. The highest BCUT2D eigenvalue weighted by Crippen LogP contribution is 2.35. The van der Waals surface area contributed by atoms with Crippen LogP contribution in [0.3, 0.4) is 0 Å². The van der Waals surface area contributed by atoms with Gasteiger partial charge in [0.2, 0.25) is 11.9 Å². The Hall–Kier alpha value is -4.41. The van der Waals surface area contributed by atoms with Crippen molar-refractivity contribution in [3.63, 3.8) is 0 Å². The summed E-state index contributed by atoms with van der Waals surface area (Å²) in [6, 6.07) is 5.41. The van der Waals surface area contributed by atoms with E-state index in [0.717, 1.165) is 23.3 Å². The summed E-state index contributed by atoms with van der Waals surface area (Å²) in [5.41, 5.74) is -3.46. The molecule has 2 aliphatic rings. The van der Waals surface area contributed by atoms with Crippen molar-refractivity contribution in [1.82, 2.24) is 24.6 Å². The summed E-state index contributed by atoms with van der Waals surface area (Å²) in [5.74, 6) is 0.364. The summed E-state index contributed by atoms with van der Waals surface area (Å²) in [6.45, 7) is 5.88. The standard InChI is InChI=1S/C32H37F6N7O4/c1-18(42-26-13-41-44(29(47)27(26)32(36,37)38)16-21-5-7-24(48-4)8-6-21)17-49-25-9-22(10-25)28(46)45-19(2)14-43(15-20(45)3)30-39-11-23(12-40-30)31(33,34)35/h5-8,11-13,18-20,22,25,42H,9-10,14-17H2,1-4H3/t18-,19-,20+,22?,25?/m0/s1. The van der Waals surface area contributed by atoms with Gasteiger partial charge in [0.05, 0.1) is 43.8 Å². The predicted molar refractivity (Wildman–Crippen MR) is 166 cm³/mol. The van der Waals surface area contributed by atoms with Crippen molar-refractivity contribution in [2.75, 3.05) is 37.0 Å². The fraction of sp³-hybridized carbons (Fsp3) is 0.531. The first kappa shape index (κ1) is 35.9. The number of ether oxygens (including phenoxy) is 2. The predicted octanol–water partition coefficient (Wildman–Crippen LogP) is 4.85. The number of carbonyl (C=O) groups is 1. The van der Waals surface area contributed by atoms with Crippen LogP contribution in [0.25, 0.3) is 0 Å². The lowest BCUT2D eigenvalue weighted by atomic mass is 9.80. The van der Waals surface area contributed by atoms with Gasteiger partial charge < -0.3 is 24.6 Å². The molecular formula is C32H37F6N7O4. The molecule has 1 N–H and O–H groups in total. The summed E-state index contributed by atoms with van der Waals surface area (Å²) in [6.07, 6.45) is -6.41. The number of alkyl halides is 6. The molecule has 0 unspecified atom stereocenters. The maximum absolute atomic E-state index is 14.0. The second-order valence-corrected chi connectivity index (χ2v) is 12.5. The van der Waals surface area contributed by atoms with Gasteiger partial charge in [-0.05, 0) is 51.3 Å². The van der Waals surface area contributed by atoms with E-state index in [1.54, 1.807) is 41.0 Å². The van der Waals surface area contributed by atoms with E-state index in [1.807, 2.05) is 13.8 Å². The molecular weight excluding hydrogens is 660 g/mol. The number of halogens is 6. The number of hydrogen-bond donors (Lipinski definition) is 1. The molecule has 5 rings (SSSR count). The monoisotopic (exact) mass is 697 g/mol. The number of methoxy groups -OCH3 is 1. The number of anilines is 2. The minimum Gasteiger partial charge on any atom is -0.497 e. The van der Waals surface area contributed by atoms with Crippen molar-refractivity contribution in [3.8, 4) is 5.75 Å². The molecule has 17 heteroatoms. The van der Waals surface area contributed by atoms with Gasteiger partial charge in [-0.2, -0.15) is 31.4 Å². The van der Waals surface area contributed by atoms with Crippen LogP contribution in [0.2, 0.25) is 0 Å². The lowest BCUT2D eigenvalue weighted by Crippen LogP contribution is -2.61. The number of hydrogen-bond acceptors (Lipinski definition) is 9. The first-order valence-corrected chi connectivity index (χ1v) is 15.7. The first-order chi connectivity index (χ1) is 23.0. The molecule has 1 saturated carbocycles. The molecule has 266 valence electrons. The molecule has 0 spiro atoms. The lowest BCUT2D eigenvalue weighted by Gasteiger charge is -2.47. The molecule has 1 aliphatic carbocycles. The number of piperazine rings is 1. The average Bonchev–Trinajstić information content (AvgIpc) is 3.00. The topological polar surface area (TPSA) is 115 Å². The number of nitrogens with zero attached hydrogens (tertiary/aromatic N) is 6. The van der Waals surface area contributed by atoms with Crippen LogP contribution in [0.4, 0.5) is 38.0 Å². The Morgan fingerprint density at radius 2 is 1.59 bits per heavy atom. The van der Waals surface area contributed by atoms with Gasteiger partial charge in [0.15, 0.2) is 0 Å². The number of nitrogens with one attached hydrogen (secondary N) is 1. The number of benzene rings is 1. The Morgan fingerprint density at radius 3 is 2.14 bits per heavy atom. The second-order valence-electron chi connectivity index (χ2n) is 12.5. The van der Waals surface area contributed by atoms with Gasteiger partial charge in [0, 0.05) is 49.5 Å². The SMILES string of the molecule is COc1ccc(Cn2ncc(N[C@@H](C)COC3CC(C(=O)N4[C@H](C)CN(c5ncc(C(F)(F)F)cn5)C[C@@H]4C)C3)c(C(F)(F)F)c2=O)cc1. The smallest absolute Gasteiger partial charge is 0.423 e. The van der Waals surface area contributed by atoms with Crippen molar-refractivity contribution >= 4 is 17.5 Å². The van der Waals surface area contributed by atoms with Crippen molar-refractivity contribution in [1.29, 1.82) is 0 Å². The van der Waals surface area contributed by atoms with Crippen LogP contribution in [0, 0.1) is 5.92 Å². The van der Waals surface area contributed by atoms with Crippen molar-refractivity contribution in [2.45, 2.75) is 76.7 Å². The molecule has 3 aromatic rings. The van der Waals surface area contributed by atoms with E-state index in [9.17, 15) is 35.9 Å². The summed E-state index contributed by atoms with van der Waals surface area (Å²) in [5, 5.41) is 6.67. The van der Waals surface area contributed by atoms with Gasteiger partial charge in [-0.3, -0.25) is 9.59 Å². The Labute approximate surface area is 278 Å². The lowest BCUT2D eigenvalue weighted by molar-refractivity contribution is -0.149. The summed E-state index contributed by atoms with van der Waals surface area (Å²) < 4.78 is 92.5. The largest absolute Gasteiger partial charge is 0.497 e. The Bertz CT molecular complexity index is 1650. The van der Waals surface area contributed by atoms with E-state index in [1.165, 1.54) is 7.11 Å². The molecule has 2 aromatic heterocycles. The van der Waals surface area contributed by atoms with Crippen molar-refractivity contribution in [2.24, 2.45) is 5.92 Å². The van der Waals surface area contributed by atoms with Gasteiger partial charge in [0.1, 0.15) is 11.3 Å². The maximum atomic E-state index is 14.0. The van der Waals surface area contributed by atoms with Crippen molar-refractivity contribution in [3.05, 3.63) is 69.9 Å². The summed E-state index contributed by atoms with van der Waals surface area (Å²) in [7, 11) is 1.49. The fourth-order valence-corrected chi connectivity index (χ4v) is 6.14. The molecule has 1 aromatic carbocycles. The third-order valence-electron chi connectivity index (χ3n) is 8.67. The van der Waals surface area contributed by atoms with E-state index in [0.29, 0.717) is 37.2 Å². The van der Waals surface area contributed by atoms with Crippen LogP contribution in [0.1, 0.15) is 50.3 Å². The number of rotatable bonds is 10. The van der Waals surface area contributed by atoms with Gasteiger partial charge >= 0.3 is 12.4 Å². The molecule has 3 heterocycles. The third kappa shape index (κ3) is 8.25. The van der Waals surface area contributed by atoms with Gasteiger partial charge in [-0.1, -0.05) is 12.1 Å². The maximum Gasteiger partial charge on any atom is 0.423 e. The molecule has 1 aliphatic heterocycles. The first-order valence-electron chi connectivity index (χ1n) is 15.7. The van der Waals surface area contributed by atoms with Crippen LogP contribution in [0.15, 0.2) is 47.7 Å². The Morgan fingerprint density at radius 1 is 0.980 bits per heavy atom. The van der Waals surface area contributed by atoms with Gasteiger partial charge in [-0.25, -0.2) is 14.6 Å². The van der Waals surface area contributed by atoms with E-state index < -0.39 is 40.8 Å². The molecule has 49 heavy (non-hydrogen) atoms. The van der Waals surface area contributed by atoms with E-state index in [-0.39, 0.29) is 49.1 Å². The van der Waals surface area contributed by atoms with E-state index in [4.69, 9.17) is 9.47 Å². The number of aromatic nitrogens is 4. The minimum atomic E-state index is -4.93. The summed E-state index contributed by atoms with van der Waals surface area (Å²) in [4.78, 5) is 37.6. The van der Waals surface area contributed by atoms with Crippen molar-refractivity contribution < 1.29 is 40.6 Å². The van der Waals surface area contributed by atoms with Gasteiger partial charge in [-0.15, -0.1) is 0 Å². The minimum absolute atomic E-state index is 0.0242. The van der Waals surface area contributed by atoms with E-state index in [2.05, 4.69) is 20.4 Å². The van der Waals surface area contributed by atoms with Crippen LogP contribution in [-0.2, 0) is 28.4 Å². The third-order valence-corrected chi connectivity index (χ3v) is 8.67. The highest BCUT2D eigenvalue weighted by molar-refractivity contribution is 5.81. The zero-order valence-corrected chi connectivity index (χ0v) is 27.3. The van der Waals surface area contributed by atoms with Crippen LogP contribution >= 0.6 is 0 Å². The van der Waals surface area contributed by atoms with Crippen LogP contribution in [-0.4, -0.2) is 81.6 Å². The van der Waals surface area contributed by atoms with E-state index >= 15 is 0 Å². The zero-order chi connectivity index (χ0) is 35.7. The van der Waals surface area contributed by atoms with Crippen LogP contribution in [0.5, 0.6) is 5.75 Å². The Kier molecular flexibility index (Phi) is 10.4. The number of amides is 1. The molecule has 0 bridgehead atoms. The number of carbonyl (C=O) groups excluding carboxylic acids is 1. The highest BCUT2D eigenvalue weighted by atomic mass is 19.4. The summed E-state index contributed by atoms with van der Waals surface area (Å²) >= 11 is 0. The quantitative estimate of drug-likeness (QED) is 0.297. The fourth-order valence-electron chi connectivity index (χ4n) is 6.14. The van der Waals surface area contributed by atoms with Gasteiger partial charge in [0.25, 0.3) is 5.56 Å². The molecule has 1 amide bonds. The zero-order valence-electron chi connectivity index (χ0n) is 27.3. The molecule has 2 fully saturated rings. The molecule has 11 nitrogen and oxygen atoms in total. The second kappa shape index (κ2) is 14.2. The highest BCUT2D eigenvalue weighted by Gasteiger charge is 2.43.